The summed E-state index contributed by atoms with van der Waals surface area (Å²) in [6.07, 6.45) is 0. The van der Waals surface area contributed by atoms with E-state index in [1.807, 2.05) is 29.8 Å². The van der Waals surface area contributed by atoms with E-state index >= 15 is 0 Å². The van der Waals surface area contributed by atoms with E-state index in [0.717, 1.165) is 15.6 Å². The lowest BCUT2D eigenvalue weighted by Gasteiger charge is -2.04. The predicted octanol–water partition coefficient (Wildman–Crippen LogP) is 2.51. The van der Waals surface area contributed by atoms with Crippen LogP contribution in [0.25, 0.3) is 0 Å². The van der Waals surface area contributed by atoms with Crippen LogP contribution in [0.4, 0.5) is 4.79 Å². The molecule has 6 heteroatoms. The minimum absolute atomic E-state index is 0.161. The maximum atomic E-state index is 11.5. The van der Waals surface area contributed by atoms with Crippen molar-refractivity contribution in [3.8, 4) is 0 Å². The highest BCUT2D eigenvalue weighted by Crippen LogP contribution is 2.08. The highest BCUT2D eigenvalue weighted by Gasteiger charge is 2.03. The first-order valence-corrected chi connectivity index (χ1v) is 6.95. The second-order valence-corrected chi connectivity index (χ2v) is 5.47. The molecule has 0 fully saturated rings. The van der Waals surface area contributed by atoms with Crippen molar-refractivity contribution in [2.75, 3.05) is 0 Å². The molecule has 0 spiro atoms. The number of rotatable bonds is 4. The topological polar surface area (TPSA) is 54.0 Å². The first-order valence-electron chi connectivity index (χ1n) is 5.19. The van der Waals surface area contributed by atoms with Crippen molar-refractivity contribution in [3.63, 3.8) is 0 Å². The van der Waals surface area contributed by atoms with Gasteiger partial charge in [0.15, 0.2) is 0 Å². The Labute approximate surface area is 108 Å². The third-order valence-electron chi connectivity index (χ3n) is 2.07. The molecule has 0 atom stereocenters. The Morgan fingerprint density at radius 2 is 2.18 bits per heavy atom. The molecule has 17 heavy (non-hydrogen) atoms. The van der Waals surface area contributed by atoms with Gasteiger partial charge in [-0.2, -0.15) is 0 Å². The van der Waals surface area contributed by atoms with Crippen LogP contribution in [-0.2, 0) is 13.1 Å². The predicted molar refractivity (Wildman–Crippen MR) is 70.2 cm³/mol. The van der Waals surface area contributed by atoms with Gasteiger partial charge in [0.25, 0.3) is 0 Å². The molecular weight excluding hydrogens is 254 g/mol. The smallest absolute Gasteiger partial charge is 0.315 e. The number of hydrogen-bond acceptors (Lipinski definition) is 4. The fourth-order valence-electron chi connectivity index (χ4n) is 1.28. The Kier molecular flexibility index (Phi) is 4.11. The second kappa shape index (κ2) is 5.79. The Morgan fingerprint density at radius 1 is 1.35 bits per heavy atom. The van der Waals surface area contributed by atoms with Gasteiger partial charge in [0, 0.05) is 16.0 Å². The van der Waals surface area contributed by atoms with Gasteiger partial charge in [0.1, 0.15) is 5.01 Å². The molecule has 0 saturated carbocycles. The van der Waals surface area contributed by atoms with E-state index in [2.05, 4.69) is 15.6 Å². The second-order valence-electron chi connectivity index (χ2n) is 3.50. The van der Waals surface area contributed by atoms with Crippen molar-refractivity contribution in [1.82, 2.24) is 15.6 Å². The summed E-state index contributed by atoms with van der Waals surface area (Å²) in [5.41, 5.74) is 0.991. The zero-order valence-electron chi connectivity index (χ0n) is 9.40. The summed E-state index contributed by atoms with van der Waals surface area (Å²) in [7, 11) is 0. The summed E-state index contributed by atoms with van der Waals surface area (Å²) < 4.78 is 0. The minimum atomic E-state index is -0.161. The number of carbonyl (C=O) groups is 1. The summed E-state index contributed by atoms with van der Waals surface area (Å²) in [6, 6.07) is 3.80. The minimum Gasteiger partial charge on any atom is -0.333 e. The molecule has 2 rings (SSSR count). The molecule has 0 aromatic carbocycles. The molecule has 2 heterocycles. The van der Waals surface area contributed by atoms with E-state index < -0.39 is 0 Å². The Morgan fingerprint density at radius 3 is 2.82 bits per heavy atom. The van der Waals surface area contributed by atoms with Gasteiger partial charge in [-0.3, -0.25) is 0 Å². The molecule has 0 saturated heterocycles. The molecule has 0 aliphatic carbocycles. The lowest BCUT2D eigenvalue weighted by Crippen LogP contribution is -2.34. The Bertz CT molecular complexity index is 479. The molecule has 2 aromatic rings. The van der Waals surface area contributed by atoms with E-state index in [1.54, 1.807) is 22.7 Å². The highest BCUT2D eigenvalue weighted by atomic mass is 32.1. The number of aryl methyl sites for hydroxylation is 1. The molecule has 2 aromatic heterocycles. The number of nitrogens with one attached hydrogen (secondary N) is 2. The van der Waals surface area contributed by atoms with Gasteiger partial charge in [-0.15, -0.1) is 22.7 Å². The number of urea groups is 1. The number of amides is 2. The van der Waals surface area contributed by atoms with Crippen LogP contribution in [0, 0.1) is 6.92 Å². The number of thiophene rings is 1. The zero-order valence-corrected chi connectivity index (χ0v) is 11.0. The van der Waals surface area contributed by atoms with Gasteiger partial charge in [-0.25, -0.2) is 9.78 Å². The fraction of sp³-hybridized carbons (Fsp3) is 0.273. The van der Waals surface area contributed by atoms with Gasteiger partial charge in [-0.1, -0.05) is 6.07 Å². The van der Waals surface area contributed by atoms with E-state index in [0.29, 0.717) is 13.1 Å². The van der Waals surface area contributed by atoms with E-state index in [4.69, 9.17) is 0 Å². The lowest BCUT2D eigenvalue weighted by atomic mass is 10.5. The average Bonchev–Trinajstić information content (AvgIpc) is 2.95. The molecule has 0 aliphatic rings. The number of thiazole rings is 1. The highest BCUT2D eigenvalue weighted by molar-refractivity contribution is 7.10. The number of carbonyl (C=O) groups excluding carboxylic acids is 1. The first kappa shape index (κ1) is 12.1. The average molecular weight is 267 g/mol. The number of hydrogen-bond donors (Lipinski definition) is 2. The maximum Gasteiger partial charge on any atom is 0.315 e. The summed E-state index contributed by atoms with van der Waals surface area (Å²) in [5.74, 6) is 0. The van der Waals surface area contributed by atoms with Gasteiger partial charge >= 0.3 is 6.03 Å². The third kappa shape index (κ3) is 3.83. The maximum absolute atomic E-state index is 11.5. The van der Waals surface area contributed by atoms with Gasteiger partial charge in [0.05, 0.1) is 13.1 Å². The van der Waals surface area contributed by atoms with E-state index in [9.17, 15) is 4.79 Å². The van der Waals surface area contributed by atoms with Gasteiger partial charge in [0.2, 0.25) is 0 Å². The van der Waals surface area contributed by atoms with Crippen molar-refractivity contribution in [2.24, 2.45) is 0 Å². The molecule has 2 amide bonds. The van der Waals surface area contributed by atoms with Crippen LogP contribution in [0.2, 0.25) is 0 Å². The van der Waals surface area contributed by atoms with Crippen molar-refractivity contribution in [1.29, 1.82) is 0 Å². The SMILES string of the molecule is Cc1csc(CNC(=O)NCc2cccs2)n1. The standard InChI is InChI=1S/C11H13N3OS2/c1-8-7-17-10(14-8)6-13-11(15)12-5-9-3-2-4-16-9/h2-4,7H,5-6H2,1H3,(H2,12,13,15). The molecule has 2 N–H and O–H groups in total. The van der Waals surface area contributed by atoms with Crippen LogP contribution < -0.4 is 10.6 Å². The van der Waals surface area contributed by atoms with Crippen LogP contribution in [0.5, 0.6) is 0 Å². The van der Waals surface area contributed by atoms with Crippen LogP contribution in [0.15, 0.2) is 22.9 Å². The number of nitrogens with zero attached hydrogens (tertiary/aromatic N) is 1. The molecule has 0 unspecified atom stereocenters. The van der Waals surface area contributed by atoms with Crippen molar-refractivity contribution in [3.05, 3.63) is 38.5 Å². The molecule has 0 bridgehead atoms. The lowest BCUT2D eigenvalue weighted by molar-refractivity contribution is 0.240. The summed E-state index contributed by atoms with van der Waals surface area (Å²) in [6.45, 7) is 2.99. The summed E-state index contributed by atoms with van der Waals surface area (Å²) >= 11 is 3.19. The Balaban J connectivity index is 1.71. The zero-order chi connectivity index (χ0) is 12.1. The monoisotopic (exact) mass is 267 g/mol. The van der Waals surface area contributed by atoms with E-state index in [1.165, 1.54) is 0 Å². The molecule has 0 radical (unpaired) electrons. The fourth-order valence-corrected chi connectivity index (χ4v) is 2.64. The van der Waals surface area contributed by atoms with E-state index in [-0.39, 0.29) is 6.03 Å². The van der Waals surface area contributed by atoms with Crippen molar-refractivity contribution >= 4 is 28.7 Å². The van der Waals surface area contributed by atoms with Crippen LogP contribution in [-0.4, -0.2) is 11.0 Å². The van der Waals surface area contributed by atoms with Crippen LogP contribution in [0.1, 0.15) is 15.6 Å². The van der Waals surface area contributed by atoms with Crippen molar-refractivity contribution in [2.45, 2.75) is 20.0 Å². The van der Waals surface area contributed by atoms with Crippen molar-refractivity contribution < 1.29 is 4.79 Å². The molecular formula is C11H13N3OS2. The third-order valence-corrected chi connectivity index (χ3v) is 3.91. The normalized spacial score (nSPS) is 10.2. The quantitative estimate of drug-likeness (QED) is 0.894. The van der Waals surface area contributed by atoms with Crippen LogP contribution in [0.3, 0.4) is 0 Å². The van der Waals surface area contributed by atoms with Gasteiger partial charge in [-0.05, 0) is 18.4 Å². The van der Waals surface area contributed by atoms with Gasteiger partial charge < -0.3 is 10.6 Å². The summed E-state index contributed by atoms with van der Waals surface area (Å²) in [5, 5.41) is 10.5. The van der Waals surface area contributed by atoms with Crippen LogP contribution >= 0.6 is 22.7 Å². The number of aromatic nitrogens is 1. The Hall–Kier alpha value is -1.40. The molecule has 90 valence electrons. The summed E-state index contributed by atoms with van der Waals surface area (Å²) in [4.78, 5) is 16.9. The molecule has 4 nitrogen and oxygen atoms in total. The first-order chi connectivity index (χ1) is 8.24. The molecule has 0 aliphatic heterocycles. The largest absolute Gasteiger partial charge is 0.333 e.